The molecule has 2 aliphatic rings. The van der Waals surface area contributed by atoms with Crippen molar-refractivity contribution < 1.29 is 9.53 Å². The first-order valence-electron chi connectivity index (χ1n) is 7.06. The van der Waals surface area contributed by atoms with Crippen molar-refractivity contribution in [2.45, 2.75) is 12.6 Å². The smallest absolute Gasteiger partial charge is 0.320 e. The van der Waals surface area contributed by atoms with Gasteiger partial charge in [-0.3, -0.25) is 0 Å². The highest BCUT2D eigenvalue weighted by Crippen LogP contribution is 2.25. The third kappa shape index (κ3) is 2.52. The summed E-state index contributed by atoms with van der Waals surface area (Å²) < 4.78 is 5.34. The Balaban J connectivity index is 1.80. The van der Waals surface area contributed by atoms with Gasteiger partial charge in [-0.1, -0.05) is 0 Å². The molecule has 1 aromatic rings. The second-order valence-electron chi connectivity index (χ2n) is 5.35. The predicted octanol–water partition coefficient (Wildman–Crippen LogP) is 0.776. The van der Waals surface area contributed by atoms with Crippen molar-refractivity contribution in [3.63, 3.8) is 0 Å². The maximum absolute atomic E-state index is 12.4. The first-order chi connectivity index (χ1) is 10.2. The largest absolute Gasteiger partial charge is 0.496 e. The van der Waals surface area contributed by atoms with Crippen molar-refractivity contribution >= 4 is 6.03 Å². The number of nitriles is 1. The Morgan fingerprint density at radius 1 is 1.52 bits per heavy atom. The van der Waals surface area contributed by atoms with E-state index in [4.69, 9.17) is 10.00 Å². The fourth-order valence-electron chi connectivity index (χ4n) is 3.00. The molecule has 6 nitrogen and oxygen atoms in total. The molecule has 0 aliphatic carbocycles. The SMILES string of the molecule is COc1ccc(C#N)cc1CN1CC2CNCCN2C1=O. The van der Waals surface area contributed by atoms with Gasteiger partial charge < -0.3 is 19.9 Å². The summed E-state index contributed by atoms with van der Waals surface area (Å²) >= 11 is 0. The van der Waals surface area contributed by atoms with Crippen molar-refractivity contribution in [3.05, 3.63) is 29.3 Å². The van der Waals surface area contributed by atoms with Crippen LogP contribution in [0.1, 0.15) is 11.1 Å². The molecular weight excluding hydrogens is 268 g/mol. The molecule has 2 saturated heterocycles. The molecule has 21 heavy (non-hydrogen) atoms. The number of carbonyl (C=O) groups is 1. The number of ether oxygens (including phenoxy) is 1. The number of piperazine rings is 1. The van der Waals surface area contributed by atoms with E-state index in [1.807, 2.05) is 9.80 Å². The highest BCUT2D eigenvalue weighted by atomic mass is 16.5. The molecule has 110 valence electrons. The van der Waals surface area contributed by atoms with Gasteiger partial charge in [0.1, 0.15) is 5.75 Å². The first kappa shape index (κ1) is 13.7. The lowest BCUT2D eigenvalue weighted by atomic mass is 10.1. The van der Waals surface area contributed by atoms with E-state index in [0.29, 0.717) is 24.4 Å². The summed E-state index contributed by atoms with van der Waals surface area (Å²) in [4.78, 5) is 16.2. The van der Waals surface area contributed by atoms with E-state index in [1.54, 1.807) is 25.3 Å². The van der Waals surface area contributed by atoms with E-state index in [2.05, 4.69) is 11.4 Å². The van der Waals surface area contributed by atoms with Gasteiger partial charge in [0.05, 0.1) is 31.3 Å². The molecule has 2 amide bonds. The number of urea groups is 1. The van der Waals surface area contributed by atoms with Crippen LogP contribution < -0.4 is 10.1 Å². The van der Waals surface area contributed by atoms with Crippen LogP contribution in [0.3, 0.4) is 0 Å². The van der Waals surface area contributed by atoms with E-state index in [0.717, 1.165) is 25.2 Å². The summed E-state index contributed by atoms with van der Waals surface area (Å²) in [5, 5.41) is 12.3. The molecule has 1 unspecified atom stereocenters. The zero-order chi connectivity index (χ0) is 14.8. The first-order valence-corrected chi connectivity index (χ1v) is 7.06. The maximum atomic E-state index is 12.4. The van der Waals surface area contributed by atoms with Crippen LogP contribution in [0, 0.1) is 11.3 Å². The lowest BCUT2D eigenvalue weighted by Gasteiger charge is -2.28. The lowest BCUT2D eigenvalue weighted by Crippen LogP contribution is -2.49. The predicted molar refractivity (Wildman–Crippen MR) is 76.9 cm³/mol. The Hall–Kier alpha value is -2.26. The van der Waals surface area contributed by atoms with Crippen LogP contribution in [-0.4, -0.2) is 55.2 Å². The fourth-order valence-corrected chi connectivity index (χ4v) is 3.00. The van der Waals surface area contributed by atoms with Gasteiger partial charge in [-0.05, 0) is 18.2 Å². The third-order valence-electron chi connectivity index (χ3n) is 4.07. The molecule has 3 rings (SSSR count). The fraction of sp³-hybridized carbons (Fsp3) is 0.467. The van der Waals surface area contributed by atoms with Gasteiger partial charge in [0.25, 0.3) is 0 Å². The number of rotatable bonds is 3. The zero-order valence-electron chi connectivity index (χ0n) is 12.0. The van der Waals surface area contributed by atoms with Crippen molar-refractivity contribution in [3.8, 4) is 11.8 Å². The van der Waals surface area contributed by atoms with Crippen molar-refractivity contribution in [2.75, 3.05) is 33.3 Å². The van der Waals surface area contributed by atoms with Gasteiger partial charge in [0.2, 0.25) is 0 Å². The molecular formula is C15H18N4O2. The number of fused-ring (bicyclic) bond motifs is 1. The average Bonchev–Trinajstić information content (AvgIpc) is 2.84. The third-order valence-corrected chi connectivity index (χ3v) is 4.07. The number of carbonyl (C=O) groups excluding carboxylic acids is 1. The Bertz CT molecular complexity index is 596. The lowest BCUT2D eigenvalue weighted by molar-refractivity contribution is 0.178. The van der Waals surface area contributed by atoms with E-state index in [9.17, 15) is 4.79 Å². The number of benzene rings is 1. The maximum Gasteiger partial charge on any atom is 0.320 e. The highest BCUT2D eigenvalue weighted by Gasteiger charge is 2.38. The summed E-state index contributed by atoms with van der Waals surface area (Å²) in [6.45, 7) is 3.65. The summed E-state index contributed by atoms with van der Waals surface area (Å²) in [6, 6.07) is 7.74. The monoisotopic (exact) mass is 286 g/mol. The molecule has 1 atom stereocenters. The number of methoxy groups -OCH3 is 1. The van der Waals surface area contributed by atoms with Gasteiger partial charge in [0, 0.05) is 31.7 Å². The van der Waals surface area contributed by atoms with Crippen molar-refractivity contribution in [2.24, 2.45) is 0 Å². The second kappa shape index (κ2) is 5.62. The minimum Gasteiger partial charge on any atom is -0.496 e. The minimum absolute atomic E-state index is 0.0749. The van der Waals surface area contributed by atoms with Crippen LogP contribution in [0.15, 0.2) is 18.2 Å². The summed E-state index contributed by atoms with van der Waals surface area (Å²) in [5.74, 6) is 0.713. The standard InChI is InChI=1S/C15H18N4O2/c1-21-14-3-2-11(7-16)6-12(14)9-18-10-13-8-17-4-5-19(13)15(18)20/h2-3,6,13,17H,4-5,8-10H2,1H3. The molecule has 0 radical (unpaired) electrons. The number of nitrogens with zero attached hydrogens (tertiary/aromatic N) is 3. The van der Waals surface area contributed by atoms with Gasteiger partial charge >= 0.3 is 6.03 Å². The topological polar surface area (TPSA) is 68.6 Å². The molecule has 1 aromatic carbocycles. The second-order valence-corrected chi connectivity index (χ2v) is 5.35. The van der Waals surface area contributed by atoms with Gasteiger partial charge in [-0.2, -0.15) is 5.26 Å². The van der Waals surface area contributed by atoms with Gasteiger partial charge in [-0.25, -0.2) is 4.79 Å². The molecule has 0 bridgehead atoms. The van der Waals surface area contributed by atoms with E-state index >= 15 is 0 Å². The Kier molecular flexibility index (Phi) is 3.67. The summed E-state index contributed by atoms with van der Waals surface area (Å²) in [5.41, 5.74) is 1.45. The molecule has 0 saturated carbocycles. The number of hydrogen-bond donors (Lipinski definition) is 1. The number of nitrogens with one attached hydrogen (secondary N) is 1. The van der Waals surface area contributed by atoms with Crippen LogP contribution in [0.2, 0.25) is 0 Å². The van der Waals surface area contributed by atoms with E-state index < -0.39 is 0 Å². The van der Waals surface area contributed by atoms with Crippen LogP contribution in [0.25, 0.3) is 0 Å². The zero-order valence-corrected chi connectivity index (χ0v) is 12.0. The Morgan fingerprint density at radius 2 is 2.38 bits per heavy atom. The van der Waals surface area contributed by atoms with Crippen LogP contribution in [0.5, 0.6) is 5.75 Å². The minimum atomic E-state index is 0.0749. The van der Waals surface area contributed by atoms with Crippen LogP contribution in [-0.2, 0) is 6.54 Å². The molecule has 6 heteroatoms. The summed E-state index contributed by atoms with van der Waals surface area (Å²) in [7, 11) is 1.60. The quantitative estimate of drug-likeness (QED) is 0.891. The highest BCUT2D eigenvalue weighted by molar-refractivity contribution is 5.77. The summed E-state index contributed by atoms with van der Waals surface area (Å²) in [6.07, 6.45) is 0. The van der Waals surface area contributed by atoms with Crippen LogP contribution in [0.4, 0.5) is 4.79 Å². The van der Waals surface area contributed by atoms with E-state index in [-0.39, 0.29) is 12.1 Å². The Morgan fingerprint density at radius 3 is 3.10 bits per heavy atom. The molecule has 2 fully saturated rings. The van der Waals surface area contributed by atoms with E-state index in [1.165, 1.54) is 0 Å². The molecule has 2 aliphatic heterocycles. The van der Waals surface area contributed by atoms with Crippen molar-refractivity contribution in [1.82, 2.24) is 15.1 Å². The van der Waals surface area contributed by atoms with Crippen molar-refractivity contribution in [1.29, 1.82) is 5.26 Å². The van der Waals surface area contributed by atoms with Gasteiger partial charge in [0.15, 0.2) is 0 Å². The molecule has 0 aromatic heterocycles. The molecule has 2 heterocycles. The molecule has 0 spiro atoms. The Labute approximate surface area is 123 Å². The van der Waals surface area contributed by atoms with Crippen LogP contribution >= 0.6 is 0 Å². The number of amides is 2. The normalized spacial score (nSPS) is 21.1. The molecule has 1 N–H and O–H groups in total. The number of hydrogen-bond acceptors (Lipinski definition) is 4. The average molecular weight is 286 g/mol. The van der Waals surface area contributed by atoms with Gasteiger partial charge in [-0.15, -0.1) is 0 Å².